The van der Waals surface area contributed by atoms with Gasteiger partial charge in [-0.2, -0.15) is 0 Å². The van der Waals surface area contributed by atoms with Gasteiger partial charge >= 0.3 is 0 Å². The van der Waals surface area contributed by atoms with Crippen molar-refractivity contribution in [2.75, 3.05) is 19.0 Å². The van der Waals surface area contributed by atoms with Crippen LogP contribution in [0.25, 0.3) is 0 Å². The molecule has 2 N–H and O–H groups in total. The number of rotatable bonds is 3. The van der Waals surface area contributed by atoms with Gasteiger partial charge in [-0.05, 0) is 51.4 Å². The predicted molar refractivity (Wildman–Crippen MR) is 76.7 cm³/mol. The fraction of sp³-hybridized carbons (Fsp3) is 0.571. The molecule has 0 spiro atoms. The van der Waals surface area contributed by atoms with Crippen LogP contribution in [0.3, 0.4) is 0 Å². The summed E-state index contributed by atoms with van der Waals surface area (Å²) in [6, 6.07) is 6.33. The van der Waals surface area contributed by atoms with Crippen molar-refractivity contribution in [3.05, 3.63) is 23.2 Å². The largest absolute Gasteiger partial charge is 0.495 e. The maximum absolute atomic E-state index is 6.13. The molecule has 1 aliphatic heterocycles. The van der Waals surface area contributed by atoms with E-state index >= 15 is 0 Å². The Morgan fingerprint density at radius 1 is 1.44 bits per heavy atom. The molecule has 3 nitrogen and oxygen atoms in total. The summed E-state index contributed by atoms with van der Waals surface area (Å²) in [5.74, 6) is 0.716. The van der Waals surface area contributed by atoms with Crippen LogP contribution >= 0.6 is 11.6 Å². The number of nitrogens with one attached hydrogen (secondary N) is 2. The molecule has 1 heterocycles. The fourth-order valence-corrected chi connectivity index (χ4v) is 2.75. The van der Waals surface area contributed by atoms with Gasteiger partial charge in [0.1, 0.15) is 5.75 Å². The van der Waals surface area contributed by atoms with Crippen molar-refractivity contribution in [1.29, 1.82) is 0 Å². The molecule has 18 heavy (non-hydrogen) atoms. The Kier molecular flexibility index (Phi) is 4.03. The first-order valence-corrected chi connectivity index (χ1v) is 6.73. The standard InChI is InChI=1S/C14H21ClN2O/c1-14(2)9-11(6-7-16-14)17-10-4-5-13(18-3)12(15)8-10/h4-5,8,11,16-17H,6-7,9H2,1-3H3. The molecule has 1 atom stereocenters. The van der Waals surface area contributed by atoms with Crippen LogP contribution in [0.2, 0.25) is 5.02 Å². The van der Waals surface area contributed by atoms with Gasteiger partial charge in [0, 0.05) is 17.3 Å². The smallest absolute Gasteiger partial charge is 0.137 e. The lowest BCUT2D eigenvalue weighted by atomic mass is 9.89. The highest BCUT2D eigenvalue weighted by molar-refractivity contribution is 6.32. The maximum atomic E-state index is 6.13. The Hall–Kier alpha value is -0.930. The Bertz CT molecular complexity index is 420. The molecule has 0 radical (unpaired) electrons. The van der Waals surface area contributed by atoms with Crippen LogP contribution in [0.15, 0.2) is 18.2 Å². The predicted octanol–water partition coefficient (Wildman–Crippen LogP) is 3.29. The molecule has 1 unspecified atom stereocenters. The van der Waals surface area contributed by atoms with Crippen LogP contribution in [0.4, 0.5) is 5.69 Å². The first-order valence-electron chi connectivity index (χ1n) is 6.35. The Morgan fingerprint density at radius 3 is 2.83 bits per heavy atom. The zero-order valence-corrected chi connectivity index (χ0v) is 12.0. The molecule has 0 saturated carbocycles. The summed E-state index contributed by atoms with van der Waals surface area (Å²) in [5.41, 5.74) is 1.26. The average Bonchev–Trinajstić information content (AvgIpc) is 2.28. The van der Waals surface area contributed by atoms with Crippen LogP contribution in [-0.4, -0.2) is 25.2 Å². The summed E-state index contributed by atoms with van der Waals surface area (Å²) in [7, 11) is 1.63. The van der Waals surface area contributed by atoms with Gasteiger partial charge in [-0.3, -0.25) is 0 Å². The minimum absolute atomic E-state index is 0.201. The molecule has 4 heteroatoms. The molecular formula is C14H21ClN2O. The molecule has 0 aromatic heterocycles. The molecule has 0 bridgehead atoms. The van der Waals surface area contributed by atoms with Gasteiger partial charge in [0.25, 0.3) is 0 Å². The van der Waals surface area contributed by atoms with E-state index in [1.54, 1.807) is 7.11 Å². The monoisotopic (exact) mass is 268 g/mol. The third-order valence-electron chi connectivity index (χ3n) is 3.38. The second-order valence-electron chi connectivity index (χ2n) is 5.49. The molecule has 100 valence electrons. The van der Waals surface area contributed by atoms with E-state index in [0.29, 0.717) is 16.8 Å². The molecule has 0 aliphatic carbocycles. The number of hydrogen-bond acceptors (Lipinski definition) is 3. The van der Waals surface area contributed by atoms with E-state index in [4.69, 9.17) is 16.3 Å². The number of hydrogen-bond donors (Lipinski definition) is 2. The van der Waals surface area contributed by atoms with Crippen LogP contribution in [0, 0.1) is 0 Å². The molecular weight excluding hydrogens is 248 g/mol. The third kappa shape index (κ3) is 3.30. The number of anilines is 1. The molecule has 2 rings (SSSR count). The lowest BCUT2D eigenvalue weighted by Crippen LogP contribution is -2.49. The molecule has 0 amide bonds. The van der Waals surface area contributed by atoms with Crippen molar-refractivity contribution in [1.82, 2.24) is 5.32 Å². The van der Waals surface area contributed by atoms with E-state index in [2.05, 4.69) is 24.5 Å². The number of methoxy groups -OCH3 is 1. The molecule has 1 aliphatic rings. The minimum atomic E-state index is 0.201. The quantitative estimate of drug-likeness (QED) is 0.883. The first kappa shape index (κ1) is 13.5. The summed E-state index contributed by atoms with van der Waals surface area (Å²) in [6.07, 6.45) is 2.24. The van der Waals surface area contributed by atoms with E-state index in [-0.39, 0.29) is 5.54 Å². The second kappa shape index (κ2) is 5.37. The summed E-state index contributed by atoms with van der Waals surface area (Å²) in [5, 5.41) is 7.72. The SMILES string of the molecule is COc1ccc(NC2CCNC(C)(C)C2)cc1Cl. The van der Waals surface area contributed by atoms with Gasteiger partial charge in [0.05, 0.1) is 12.1 Å². The van der Waals surface area contributed by atoms with Crippen molar-refractivity contribution >= 4 is 17.3 Å². The van der Waals surface area contributed by atoms with E-state index in [0.717, 1.165) is 25.1 Å². The third-order valence-corrected chi connectivity index (χ3v) is 3.67. The zero-order chi connectivity index (χ0) is 13.2. The summed E-state index contributed by atoms with van der Waals surface area (Å²) < 4.78 is 5.15. The number of benzene rings is 1. The van der Waals surface area contributed by atoms with E-state index < -0.39 is 0 Å². The van der Waals surface area contributed by atoms with Gasteiger partial charge in [-0.15, -0.1) is 0 Å². The highest BCUT2D eigenvalue weighted by Crippen LogP contribution is 2.29. The summed E-state index contributed by atoms with van der Waals surface area (Å²) in [6.45, 7) is 5.53. The zero-order valence-electron chi connectivity index (χ0n) is 11.2. The molecule has 1 saturated heterocycles. The van der Waals surface area contributed by atoms with Crippen LogP contribution in [0.1, 0.15) is 26.7 Å². The Labute approximate surface area is 114 Å². The second-order valence-corrected chi connectivity index (χ2v) is 5.90. The van der Waals surface area contributed by atoms with Crippen molar-refractivity contribution in [3.8, 4) is 5.75 Å². The maximum Gasteiger partial charge on any atom is 0.137 e. The first-order chi connectivity index (χ1) is 8.50. The highest BCUT2D eigenvalue weighted by atomic mass is 35.5. The Morgan fingerprint density at radius 2 is 2.22 bits per heavy atom. The van der Waals surface area contributed by atoms with Crippen LogP contribution in [-0.2, 0) is 0 Å². The topological polar surface area (TPSA) is 33.3 Å². The number of halogens is 1. The van der Waals surface area contributed by atoms with Gasteiger partial charge in [-0.25, -0.2) is 0 Å². The van der Waals surface area contributed by atoms with Gasteiger partial charge in [0.2, 0.25) is 0 Å². The Balaban J connectivity index is 2.03. The molecule has 1 aromatic carbocycles. The van der Waals surface area contributed by atoms with E-state index in [1.165, 1.54) is 0 Å². The van der Waals surface area contributed by atoms with E-state index in [9.17, 15) is 0 Å². The van der Waals surface area contributed by atoms with Gasteiger partial charge < -0.3 is 15.4 Å². The minimum Gasteiger partial charge on any atom is -0.495 e. The molecule has 1 fully saturated rings. The summed E-state index contributed by atoms with van der Waals surface area (Å²) in [4.78, 5) is 0. The van der Waals surface area contributed by atoms with E-state index in [1.807, 2.05) is 18.2 Å². The van der Waals surface area contributed by atoms with Crippen LogP contribution < -0.4 is 15.4 Å². The van der Waals surface area contributed by atoms with Crippen molar-refractivity contribution in [2.24, 2.45) is 0 Å². The average molecular weight is 269 g/mol. The molecule has 1 aromatic rings. The lowest BCUT2D eigenvalue weighted by Gasteiger charge is -2.37. The van der Waals surface area contributed by atoms with Crippen molar-refractivity contribution < 1.29 is 4.74 Å². The van der Waals surface area contributed by atoms with Crippen LogP contribution in [0.5, 0.6) is 5.75 Å². The van der Waals surface area contributed by atoms with Crippen molar-refractivity contribution in [3.63, 3.8) is 0 Å². The normalized spacial score (nSPS) is 22.6. The number of ether oxygens (including phenoxy) is 1. The highest BCUT2D eigenvalue weighted by Gasteiger charge is 2.27. The fourth-order valence-electron chi connectivity index (χ4n) is 2.49. The van der Waals surface area contributed by atoms with Crippen molar-refractivity contribution in [2.45, 2.75) is 38.3 Å². The van der Waals surface area contributed by atoms with Gasteiger partial charge in [-0.1, -0.05) is 11.6 Å². The van der Waals surface area contributed by atoms with Gasteiger partial charge in [0.15, 0.2) is 0 Å². The lowest BCUT2D eigenvalue weighted by molar-refractivity contribution is 0.286. The summed E-state index contributed by atoms with van der Waals surface area (Å²) >= 11 is 6.13. The number of piperidine rings is 1.